The molecule has 0 atom stereocenters. The molecule has 3 rings (SSSR count). The molecule has 19 heavy (non-hydrogen) atoms. The molecule has 0 unspecified atom stereocenters. The van der Waals surface area contributed by atoms with Crippen molar-refractivity contribution in [3.05, 3.63) is 66.0 Å². The third kappa shape index (κ3) is 2.63. The number of aryl methyl sites for hydroxylation is 1. The number of hydrogen-bond donors (Lipinski definition) is 0. The van der Waals surface area contributed by atoms with E-state index in [4.69, 9.17) is 4.98 Å². The Kier molecular flexibility index (Phi) is 3.23. The van der Waals surface area contributed by atoms with E-state index in [0.29, 0.717) is 0 Å². The molecule has 1 aromatic carbocycles. The van der Waals surface area contributed by atoms with Crippen molar-refractivity contribution in [3.63, 3.8) is 0 Å². The van der Waals surface area contributed by atoms with E-state index in [9.17, 15) is 0 Å². The Labute approximate surface area is 113 Å². The summed E-state index contributed by atoms with van der Waals surface area (Å²) in [6.07, 6.45) is 8.82. The van der Waals surface area contributed by atoms with Crippen LogP contribution in [0.4, 0.5) is 0 Å². The number of aromatic nitrogens is 2. The van der Waals surface area contributed by atoms with E-state index in [1.54, 1.807) is 0 Å². The van der Waals surface area contributed by atoms with E-state index < -0.39 is 0 Å². The minimum absolute atomic E-state index is 0.801. The van der Waals surface area contributed by atoms with Gasteiger partial charge in [0.25, 0.3) is 0 Å². The summed E-state index contributed by atoms with van der Waals surface area (Å²) in [6, 6.07) is 12.2. The van der Waals surface area contributed by atoms with Crippen LogP contribution in [-0.4, -0.2) is 9.97 Å². The fourth-order valence-corrected chi connectivity index (χ4v) is 2.24. The van der Waals surface area contributed by atoms with Crippen LogP contribution in [0.2, 0.25) is 0 Å². The highest BCUT2D eigenvalue weighted by molar-refractivity contribution is 5.73. The van der Waals surface area contributed by atoms with Gasteiger partial charge in [-0.1, -0.05) is 48.6 Å². The molecule has 0 saturated heterocycles. The first kappa shape index (κ1) is 11.8. The first-order valence-corrected chi connectivity index (χ1v) is 6.61. The summed E-state index contributed by atoms with van der Waals surface area (Å²) in [5.41, 5.74) is 4.28. The van der Waals surface area contributed by atoms with Crippen LogP contribution >= 0.6 is 0 Å². The van der Waals surface area contributed by atoms with Crippen LogP contribution in [0.1, 0.15) is 24.2 Å². The molecule has 1 aromatic heterocycles. The summed E-state index contributed by atoms with van der Waals surface area (Å²) in [5, 5.41) is 0. The fraction of sp³-hybridized carbons (Fsp3) is 0.176. The summed E-state index contributed by atoms with van der Waals surface area (Å²) in [7, 11) is 0. The van der Waals surface area contributed by atoms with Gasteiger partial charge in [0.15, 0.2) is 5.82 Å². The van der Waals surface area contributed by atoms with Crippen molar-refractivity contribution in [2.45, 2.75) is 19.8 Å². The van der Waals surface area contributed by atoms with Crippen molar-refractivity contribution in [2.75, 3.05) is 0 Å². The maximum absolute atomic E-state index is 4.70. The second-order valence-electron chi connectivity index (χ2n) is 4.72. The minimum atomic E-state index is 0.801. The molecular formula is C17H16N2. The Bertz CT molecular complexity index is 640. The standard InChI is InChI=1S/C17H16N2/c1-13-12-16(14-8-4-2-5-9-14)19-17(18-13)15-10-6-3-7-11-15/h3-4,6-12H,2,5H2,1H3. The molecule has 0 fully saturated rings. The Balaban J connectivity index is 2.06. The van der Waals surface area contributed by atoms with Crippen molar-refractivity contribution >= 4 is 5.57 Å². The third-order valence-corrected chi connectivity index (χ3v) is 3.18. The maximum atomic E-state index is 4.70. The Morgan fingerprint density at radius 2 is 1.84 bits per heavy atom. The highest BCUT2D eigenvalue weighted by Crippen LogP contribution is 2.23. The predicted molar refractivity (Wildman–Crippen MR) is 78.6 cm³/mol. The normalized spacial score (nSPS) is 14.3. The average Bonchev–Trinajstić information content (AvgIpc) is 2.48. The van der Waals surface area contributed by atoms with Gasteiger partial charge in [-0.2, -0.15) is 0 Å². The van der Waals surface area contributed by atoms with Crippen LogP contribution in [0.3, 0.4) is 0 Å². The summed E-state index contributed by atoms with van der Waals surface area (Å²) in [6.45, 7) is 2.02. The molecule has 1 aliphatic carbocycles. The highest BCUT2D eigenvalue weighted by Gasteiger charge is 2.08. The molecule has 2 heteroatoms. The van der Waals surface area contributed by atoms with Crippen molar-refractivity contribution in [1.29, 1.82) is 0 Å². The fourth-order valence-electron chi connectivity index (χ4n) is 2.24. The van der Waals surface area contributed by atoms with Gasteiger partial charge in [0, 0.05) is 11.3 Å². The van der Waals surface area contributed by atoms with Crippen molar-refractivity contribution in [1.82, 2.24) is 9.97 Å². The zero-order valence-electron chi connectivity index (χ0n) is 11.0. The quantitative estimate of drug-likeness (QED) is 0.796. The van der Waals surface area contributed by atoms with E-state index in [1.165, 1.54) is 5.57 Å². The van der Waals surface area contributed by atoms with Gasteiger partial charge in [-0.05, 0) is 31.4 Å². The van der Waals surface area contributed by atoms with Crippen LogP contribution in [0.15, 0.2) is 54.6 Å². The molecule has 0 N–H and O–H groups in total. The topological polar surface area (TPSA) is 25.8 Å². The monoisotopic (exact) mass is 248 g/mol. The van der Waals surface area contributed by atoms with E-state index in [2.05, 4.69) is 23.2 Å². The van der Waals surface area contributed by atoms with E-state index in [1.807, 2.05) is 43.3 Å². The Hall–Kier alpha value is -2.22. The third-order valence-electron chi connectivity index (χ3n) is 3.18. The molecule has 1 aliphatic rings. The predicted octanol–water partition coefficient (Wildman–Crippen LogP) is 4.19. The Morgan fingerprint density at radius 3 is 2.58 bits per heavy atom. The molecule has 0 bridgehead atoms. The van der Waals surface area contributed by atoms with Gasteiger partial charge in [0.2, 0.25) is 0 Å². The van der Waals surface area contributed by atoms with Crippen molar-refractivity contribution in [2.24, 2.45) is 0 Å². The molecule has 0 spiro atoms. The van der Waals surface area contributed by atoms with Crippen LogP contribution < -0.4 is 0 Å². The molecule has 0 radical (unpaired) electrons. The van der Waals surface area contributed by atoms with Gasteiger partial charge in [0.05, 0.1) is 5.69 Å². The lowest BCUT2D eigenvalue weighted by atomic mass is 10.0. The van der Waals surface area contributed by atoms with Crippen LogP contribution in [0.25, 0.3) is 17.0 Å². The van der Waals surface area contributed by atoms with Crippen LogP contribution in [0.5, 0.6) is 0 Å². The molecular weight excluding hydrogens is 232 g/mol. The lowest BCUT2D eigenvalue weighted by Gasteiger charge is -2.09. The number of nitrogens with zero attached hydrogens (tertiary/aromatic N) is 2. The molecule has 0 amide bonds. The molecule has 2 nitrogen and oxygen atoms in total. The number of benzene rings is 1. The van der Waals surface area contributed by atoms with Gasteiger partial charge >= 0.3 is 0 Å². The van der Waals surface area contributed by atoms with E-state index >= 15 is 0 Å². The second kappa shape index (κ2) is 5.19. The van der Waals surface area contributed by atoms with Crippen LogP contribution in [-0.2, 0) is 0 Å². The summed E-state index contributed by atoms with van der Waals surface area (Å²) in [5.74, 6) is 0.801. The SMILES string of the molecule is Cc1cc(C2=CCCC=C2)nc(-c2ccccc2)n1. The summed E-state index contributed by atoms with van der Waals surface area (Å²) >= 11 is 0. The lowest BCUT2D eigenvalue weighted by molar-refractivity contribution is 1.03. The molecule has 0 aliphatic heterocycles. The Morgan fingerprint density at radius 1 is 1.00 bits per heavy atom. The van der Waals surface area contributed by atoms with Crippen LogP contribution in [0, 0.1) is 6.92 Å². The van der Waals surface area contributed by atoms with Gasteiger partial charge in [-0.15, -0.1) is 0 Å². The zero-order valence-corrected chi connectivity index (χ0v) is 11.0. The summed E-state index contributed by atoms with van der Waals surface area (Å²) in [4.78, 5) is 9.23. The number of rotatable bonds is 2. The zero-order chi connectivity index (χ0) is 13.1. The molecule has 1 heterocycles. The number of hydrogen-bond acceptors (Lipinski definition) is 2. The molecule has 94 valence electrons. The maximum Gasteiger partial charge on any atom is 0.160 e. The minimum Gasteiger partial charge on any atom is -0.233 e. The second-order valence-corrected chi connectivity index (χ2v) is 4.72. The number of allylic oxidation sites excluding steroid dienone is 4. The highest BCUT2D eigenvalue weighted by atomic mass is 14.9. The summed E-state index contributed by atoms with van der Waals surface area (Å²) < 4.78 is 0. The van der Waals surface area contributed by atoms with Gasteiger partial charge in [0.1, 0.15) is 0 Å². The van der Waals surface area contributed by atoms with Gasteiger partial charge in [-0.25, -0.2) is 9.97 Å². The van der Waals surface area contributed by atoms with Gasteiger partial charge < -0.3 is 0 Å². The van der Waals surface area contributed by atoms with E-state index in [-0.39, 0.29) is 0 Å². The molecule has 2 aromatic rings. The largest absolute Gasteiger partial charge is 0.233 e. The molecule has 0 saturated carbocycles. The van der Waals surface area contributed by atoms with Gasteiger partial charge in [-0.3, -0.25) is 0 Å². The van der Waals surface area contributed by atoms with Crippen molar-refractivity contribution in [3.8, 4) is 11.4 Å². The van der Waals surface area contributed by atoms with E-state index in [0.717, 1.165) is 35.6 Å². The smallest absolute Gasteiger partial charge is 0.160 e. The van der Waals surface area contributed by atoms with Crippen molar-refractivity contribution < 1.29 is 0 Å². The first-order valence-electron chi connectivity index (χ1n) is 6.61. The lowest BCUT2D eigenvalue weighted by Crippen LogP contribution is -1.98. The first-order chi connectivity index (χ1) is 9.33. The average molecular weight is 248 g/mol.